The Morgan fingerprint density at radius 1 is 1.00 bits per heavy atom. The minimum atomic E-state index is -0.569. The largest absolute Gasteiger partial charge is 0.494 e. The molecule has 7 heteroatoms. The zero-order chi connectivity index (χ0) is 22.2. The minimum Gasteiger partial charge on any atom is -0.494 e. The minimum absolute atomic E-state index is 0.0176. The van der Waals surface area contributed by atoms with Crippen LogP contribution < -0.4 is 5.32 Å². The molecule has 154 valence electrons. The van der Waals surface area contributed by atoms with Gasteiger partial charge in [-0.2, -0.15) is 0 Å². The van der Waals surface area contributed by atoms with Crippen molar-refractivity contribution in [1.82, 2.24) is 4.98 Å². The molecule has 0 spiro atoms. The smallest absolute Gasteiger partial charge is 0.275 e. The lowest BCUT2D eigenvalue weighted by Gasteiger charge is -2.06. The van der Waals surface area contributed by atoms with Crippen LogP contribution >= 0.6 is 11.6 Å². The summed E-state index contributed by atoms with van der Waals surface area (Å²) in [6, 6.07) is 21.5. The van der Waals surface area contributed by atoms with Gasteiger partial charge in [0.2, 0.25) is 0 Å². The first-order chi connectivity index (χ1) is 15.6. The normalized spacial score (nSPS) is 13.9. The predicted octanol–water partition coefficient (Wildman–Crippen LogP) is 5.60. The Bertz CT molecular complexity index is 1490. The average Bonchev–Trinajstić information content (AvgIpc) is 3.33. The lowest BCUT2D eigenvalue weighted by Crippen LogP contribution is -2.13. The summed E-state index contributed by atoms with van der Waals surface area (Å²) in [5.41, 5.74) is 3.85. The van der Waals surface area contributed by atoms with Crippen LogP contribution in [-0.4, -0.2) is 21.7 Å². The Morgan fingerprint density at radius 2 is 1.69 bits per heavy atom. The molecule has 0 saturated heterocycles. The summed E-state index contributed by atoms with van der Waals surface area (Å²) in [5.74, 6) is -0.587. The molecule has 0 atom stereocenters. The first kappa shape index (κ1) is 19.6. The van der Waals surface area contributed by atoms with E-state index < -0.39 is 5.91 Å². The summed E-state index contributed by atoms with van der Waals surface area (Å²) in [5, 5.41) is 14.7. The molecule has 0 unspecified atom stereocenters. The Labute approximate surface area is 188 Å². The lowest BCUT2D eigenvalue weighted by molar-refractivity contribution is -0.112. The molecule has 4 aromatic rings. The van der Waals surface area contributed by atoms with Crippen LogP contribution in [0, 0.1) is 6.57 Å². The highest BCUT2D eigenvalue weighted by Crippen LogP contribution is 2.38. The number of benzene rings is 3. The molecule has 0 saturated carbocycles. The fourth-order valence-corrected chi connectivity index (χ4v) is 3.93. The van der Waals surface area contributed by atoms with Crippen molar-refractivity contribution in [3.8, 4) is 5.88 Å². The number of nitrogens with zero attached hydrogens (tertiary/aromatic N) is 2. The highest BCUT2D eigenvalue weighted by atomic mass is 35.5. The summed E-state index contributed by atoms with van der Waals surface area (Å²) in [6.07, 6.45) is 0. The van der Waals surface area contributed by atoms with E-state index in [4.69, 9.17) is 18.2 Å². The van der Waals surface area contributed by atoms with E-state index in [0.29, 0.717) is 27.5 Å². The first-order valence-electron chi connectivity index (χ1n) is 9.74. The van der Waals surface area contributed by atoms with Gasteiger partial charge in [-0.15, -0.1) is 0 Å². The Hall–Kier alpha value is -4.34. The van der Waals surface area contributed by atoms with E-state index >= 15 is 0 Å². The summed E-state index contributed by atoms with van der Waals surface area (Å²) in [4.78, 5) is 24.1. The average molecular weight is 439 g/mol. The number of hydrogen-bond donors (Lipinski definition) is 3. The number of anilines is 1. The molecule has 0 radical (unpaired) electrons. The van der Waals surface area contributed by atoms with Crippen molar-refractivity contribution < 1.29 is 9.90 Å². The quantitative estimate of drug-likeness (QED) is 0.287. The molecular weight excluding hydrogens is 424 g/mol. The van der Waals surface area contributed by atoms with Crippen molar-refractivity contribution in [3.05, 3.63) is 112 Å². The number of carbonyl (C=O) groups excluding carboxylic acids is 1. The Morgan fingerprint density at radius 3 is 2.44 bits per heavy atom. The molecule has 2 heterocycles. The standard InChI is InChI=1S/C25H15ClN4O2/c1-27-23(25(32)28-15-12-10-14(26)11-13-15)22-17-7-3-2-6-16(17)21(30-22)20-18-8-4-5-9-19(18)29-24(20)31/h2-13,29,31H,(H,28,32)/b23-22-. The Kier molecular flexibility index (Phi) is 4.74. The van der Waals surface area contributed by atoms with Gasteiger partial charge in [0, 0.05) is 27.2 Å². The molecule has 1 aromatic heterocycles. The molecule has 6 nitrogen and oxygen atoms in total. The zero-order valence-corrected chi connectivity index (χ0v) is 17.3. The molecule has 1 amide bonds. The maximum absolute atomic E-state index is 13.0. The van der Waals surface area contributed by atoms with E-state index in [1.54, 1.807) is 24.3 Å². The van der Waals surface area contributed by atoms with Gasteiger partial charge in [-0.25, -0.2) is 4.85 Å². The maximum atomic E-state index is 13.0. The van der Waals surface area contributed by atoms with Crippen LogP contribution in [0.2, 0.25) is 5.02 Å². The van der Waals surface area contributed by atoms with Crippen molar-refractivity contribution in [2.45, 2.75) is 0 Å². The summed E-state index contributed by atoms with van der Waals surface area (Å²) in [6.45, 7) is 7.67. The summed E-state index contributed by atoms with van der Waals surface area (Å²) < 4.78 is 0. The van der Waals surface area contributed by atoms with Gasteiger partial charge >= 0.3 is 0 Å². The molecule has 0 fully saturated rings. The van der Waals surface area contributed by atoms with Gasteiger partial charge < -0.3 is 15.4 Å². The van der Waals surface area contributed by atoms with Crippen molar-refractivity contribution in [2.24, 2.45) is 4.99 Å². The number of aromatic hydroxyl groups is 1. The van der Waals surface area contributed by atoms with E-state index in [1.165, 1.54) is 0 Å². The second-order valence-electron chi connectivity index (χ2n) is 7.17. The number of aromatic nitrogens is 1. The molecule has 3 aromatic carbocycles. The molecule has 0 bridgehead atoms. The summed E-state index contributed by atoms with van der Waals surface area (Å²) >= 11 is 5.91. The van der Waals surface area contributed by atoms with Gasteiger partial charge in [0.25, 0.3) is 11.6 Å². The van der Waals surface area contributed by atoms with Crippen LogP contribution in [0.1, 0.15) is 16.7 Å². The van der Waals surface area contributed by atoms with Crippen LogP contribution in [-0.2, 0) is 4.79 Å². The number of aliphatic imine (C=N–C) groups is 1. The monoisotopic (exact) mass is 438 g/mol. The number of fused-ring (bicyclic) bond motifs is 2. The third-order valence-corrected chi connectivity index (χ3v) is 5.49. The Balaban J connectivity index is 1.66. The molecule has 3 N–H and O–H groups in total. The van der Waals surface area contributed by atoms with Gasteiger partial charge in [0.15, 0.2) is 5.88 Å². The number of nitrogens with one attached hydrogen (secondary N) is 2. The molecule has 1 aliphatic heterocycles. The number of H-pyrrole nitrogens is 1. The van der Waals surface area contributed by atoms with Gasteiger partial charge in [-0.05, 0) is 35.9 Å². The lowest BCUT2D eigenvalue weighted by atomic mass is 9.98. The van der Waals surface area contributed by atoms with Crippen molar-refractivity contribution in [3.63, 3.8) is 0 Å². The second kappa shape index (κ2) is 7.73. The maximum Gasteiger partial charge on any atom is 0.275 e. The van der Waals surface area contributed by atoms with E-state index in [9.17, 15) is 9.90 Å². The van der Waals surface area contributed by atoms with Crippen molar-refractivity contribution in [1.29, 1.82) is 0 Å². The molecule has 32 heavy (non-hydrogen) atoms. The highest BCUT2D eigenvalue weighted by molar-refractivity contribution is 6.30. The van der Waals surface area contributed by atoms with Crippen molar-refractivity contribution >= 4 is 45.5 Å². The van der Waals surface area contributed by atoms with Crippen LogP contribution in [0.5, 0.6) is 5.88 Å². The number of rotatable bonds is 3. The number of carbonyl (C=O) groups is 1. The number of aromatic amines is 1. The number of amides is 1. The van der Waals surface area contributed by atoms with E-state index in [-0.39, 0.29) is 17.3 Å². The third-order valence-electron chi connectivity index (χ3n) is 5.24. The van der Waals surface area contributed by atoms with Crippen LogP contribution in [0.4, 0.5) is 5.69 Å². The fourth-order valence-electron chi connectivity index (χ4n) is 3.80. The number of hydrogen-bond acceptors (Lipinski definition) is 3. The molecule has 0 aliphatic carbocycles. The van der Waals surface area contributed by atoms with Crippen LogP contribution in [0.3, 0.4) is 0 Å². The van der Waals surface area contributed by atoms with Crippen LogP contribution in [0.15, 0.2) is 83.5 Å². The van der Waals surface area contributed by atoms with Gasteiger partial charge in [-0.3, -0.25) is 9.79 Å². The van der Waals surface area contributed by atoms with Crippen LogP contribution in [0.25, 0.3) is 21.4 Å². The fraction of sp³-hybridized carbons (Fsp3) is 0. The van der Waals surface area contributed by atoms with Crippen molar-refractivity contribution in [2.75, 3.05) is 5.32 Å². The molecule has 1 aliphatic rings. The van der Waals surface area contributed by atoms with E-state index in [2.05, 4.69) is 20.1 Å². The van der Waals surface area contributed by atoms with E-state index in [1.807, 2.05) is 48.5 Å². The topological polar surface area (TPSA) is 81.8 Å². The predicted molar refractivity (Wildman–Crippen MR) is 126 cm³/mol. The third kappa shape index (κ3) is 3.22. The number of para-hydroxylation sites is 1. The molecular formula is C25H15ClN4O2. The summed E-state index contributed by atoms with van der Waals surface area (Å²) in [7, 11) is 0. The first-order valence-corrected chi connectivity index (χ1v) is 10.1. The second-order valence-corrected chi connectivity index (χ2v) is 7.61. The molecule has 5 rings (SSSR count). The van der Waals surface area contributed by atoms with Gasteiger partial charge in [0.1, 0.15) is 0 Å². The highest BCUT2D eigenvalue weighted by Gasteiger charge is 2.30. The number of halogens is 1. The zero-order valence-electron chi connectivity index (χ0n) is 16.6. The SMILES string of the molecule is [C-]#[N+]/C(C(=O)Nc1ccc(Cl)cc1)=C1\N=C(c2c(O)[nH]c3ccccc23)c2ccccc21. The van der Waals surface area contributed by atoms with Gasteiger partial charge in [-0.1, -0.05) is 54.1 Å². The van der Waals surface area contributed by atoms with Gasteiger partial charge in [0.05, 0.1) is 23.5 Å². The van der Waals surface area contributed by atoms with E-state index in [0.717, 1.165) is 16.5 Å².